The quantitative estimate of drug-likeness (QED) is 0.815. The molecule has 0 saturated carbocycles. The van der Waals surface area contributed by atoms with Crippen molar-refractivity contribution >= 4 is 9.84 Å². The van der Waals surface area contributed by atoms with E-state index in [1.807, 2.05) is 0 Å². The zero-order valence-electron chi connectivity index (χ0n) is 9.99. The van der Waals surface area contributed by atoms with E-state index in [9.17, 15) is 12.8 Å². The highest BCUT2D eigenvalue weighted by Crippen LogP contribution is 2.22. The van der Waals surface area contributed by atoms with Gasteiger partial charge in [0.25, 0.3) is 0 Å². The van der Waals surface area contributed by atoms with Crippen LogP contribution in [-0.4, -0.2) is 13.2 Å². The summed E-state index contributed by atoms with van der Waals surface area (Å²) in [5.41, 5.74) is 0.276. The number of hydrogen-bond acceptors (Lipinski definition) is 3. The molecule has 1 aromatic rings. The van der Waals surface area contributed by atoms with Gasteiger partial charge in [-0.15, -0.1) is 0 Å². The number of nitriles is 1. The van der Waals surface area contributed by atoms with Crippen LogP contribution in [0.4, 0.5) is 4.39 Å². The molecule has 0 atom stereocenters. The van der Waals surface area contributed by atoms with Crippen molar-refractivity contribution in [3.8, 4) is 6.07 Å². The summed E-state index contributed by atoms with van der Waals surface area (Å²) in [6.45, 7) is 4.72. The second-order valence-corrected chi connectivity index (χ2v) is 7.53. The molecule has 0 heterocycles. The summed E-state index contributed by atoms with van der Waals surface area (Å²) < 4.78 is 36.4. The number of rotatable bonds is 2. The molecule has 5 heteroatoms. The lowest BCUT2D eigenvalue weighted by atomic mass is 10.1. The number of hydrogen-bond donors (Lipinski definition) is 0. The SMILES string of the molecule is CC(C)(C)S(=O)(=O)Cc1ccc(C#N)cc1F. The van der Waals surface area contributed by atoms with E-state index in [0.717, 1.165) is 6.07 Å². The molecule has 0 saturated heterocycles. The molecule has 0 aliphatic heterocycles. The summed E-state index contributed by atoms with van der Waals surface area (Å²) in [4.78, 5) is 0. The van der Waals surface area contributed by atoms with Crippen LogP contribution in [0.25, 0.3) is 0 Å². The van der Waals surface area contributed by atoms with Crippen molar-refractivity contribution in [1.29, 1.82) is 5.26 Å². The molecule has 0 radical (unpaired) electrons. The van der Waals surface area contributed by atoms with Gasteiger partial charge in [-0.25, -0.2) is 12.8 Å². The molecular formula is C12H14FNO2S. The van der Waals surface area contributed by atoms with Crippen molar-refractivity contribution in [2.24, 2.45) is 0 Å². The first-order valence-electron chi connectivity index (χ1n) is 5.08. The molecule has 0 N–H and O–H groups in total. The Balaban J connectivity index is 3.11. The summed E-state index contributed by atoms with van der Waals surface area (Å²) in [5, 5.41) is 8.58. The van der Waals surface area contributed by atoms with E-state index >= 15 is 0 Å². The molecule has 1 aromatic carbocycles. The molecule has 0 aliphatic rings. The molecule has 1 rings (SSSR count). The Labute approximate surface area is 101 Å². The molecule has 17 heavy (non-hydrogen) atoms. The zero-order valence-corrected chi connectivity index (χ0v) is 10.8. The molecule has 92 valence electrons. The number of nitrogens with zero attached hydrogens (tertiary/aromatic N) is 1. The van der Waals surface area contributed by atoms with Gasteiger partial charge in [0, 0.05) is 5.56 Å². The number of benzene rings is 1. The van der Waals surface area contributed by atoms with E-state index < -0.39 is 20.4 Å². The van der Waals surface area contributed by atoms with Gasteiger partial charge in [0.15, 0.2) is 9.84 Å². The predicted molar refractivity (Wildman–Crippen MR) is 63.5 cm³/mol. The molecule has 0 fully saturated rings. The summed E-state index contributed by atoms with van der Waals surface area (Å²) in [7, 11) is -3.42. The third-order valence-electron chi connectivity index (χ3n) is 2.46. The normalized spacial score (nSPS) is 12.2. The van der Waals surface area contributed by atoms with Gasteiger partial charge in [0.2, 0.25) is 0 Å². The third kappa shape index (κ3) is 3.04. The second-order valence-electron chi connectivity index (χ2n) is 4.79. The number of sulfone groups is 1. The fourth-order valence-electron chi connectivity index (χ4n) is 1.16. The van der Waals surface area contributed by atoms with Crippen LogP contribution in [0.5, 0.6) is 0 Å². The van der Waals surface area contributed by atoms with Crippen molar-refractivity contribution in [2.45, 2.75) is 31.3 Å². The monoisotopic (exact) mass is 255 g/mol. The maximum atomic E-state index is 13.5. The maximum Gasteiger partial charge on any atom is 0.159 e. The maximum absolute atomic E-state index is 13.5. The molecule has 0 amide bonds. The summed E-state index contributed by atoms with van der Waals surface area (Å²) in [5.74, 6) is -1.01. The lowest BCUT2D eigenvalue weighted by Gasteiger charge is -2.19. The minimum absolute atomic E-state index is 0.0962. The molecule has 0 bridgehead atoms. The number of halogens is 1. The smallest absolute Gasteiger partial charge is 0.159 e. The van der Waals surface area contributed by atoms with Crippen molar-refractivity contribution < 1.29 is 12.8 Å². The van der Waals surface area contributed by atoms with Crippen LogP contribution < -0.4 is 0 Å². The van der Waals surface area contributed by atoms with Crippen molar-refractivity contribution in [3.63, 3.8) is 0 Å². The highest BCUT2D eigenvalue weighted by Gasteiger charge is 2.29. The van der Waals surface area contributed by atoms with Gasteiger partial charge in [-0.05, 0) is 32.9 Å². The highest BCUT2D eigenvalue weighted by molar-refractivity contribution is 7.91. The van der Waals surface area contributed by atoms with Gasteiger partial charge >= 0.3 is 0 Å². The first kappa shape index (κ1) is 13.7. The van der Waals surface area contributed by atoms with Crippen LogP contribution in [0.15, 0.2) is 18.2 Å². The average molecular weight is 255 g/mol. The Morgan fingerprint density at radius 3 is 2.35 bits per heavy atom. The van der Waals surface area contributed by atoms with Gasteiger partial charge in [-0.1, -0.05) is 6.07 Å². The molecular weight excluding hydrogens is 241 g/mol. The third-order valence-corrected chi connectivity index (χ3v) is 5.02. The Morgan fingerprint density at radius 1 is 1.35 bits per heavy atom. The van der Waals surface area contributed by atoms with Crippen LogP contribution in [0, 0.1) is 17.1 Å². The standard InChI is InChI=1S/C12H14FNO2S/c1-12(2,3)17(15,16)8-10-5-4-9(7-14)6-11(10)13/h4-6H,8H2,1-3H3. The Kier molecular flexibility index (Phi) is 3.58. The molecule has 3 nitrogen and oxygen atoms in total. The summed E-state index contributed by atoms with van der Waals surface area (Å²) in [6.07, 6.45) is 0. The van der Waals surface area contributed by atoms with Crippen LogP contribution in [0.2, 0.25) is 0 Å². The Bertz CT molecular complexity index is 565. The summed E-state index contributed by atoms with van der Waals surface area (Å²) >= 11 is 0. The van der Waals surface area contributed by atoms with Crippen LogP contribution >= 0.6 is 0 Å². The Morgan fingerprint density at radius 2 is 1.94 bits per heavy atom. The fourth-order valence-corrected chi connectivity index (χ4v) is 2.23. The minimum atomic E-state index is -3.42. The van der Waals surface area contributed by atoms with Gasteiger partial charge in [-0.2, -0.15) is 5.26 Å². The van der Waals surface area contributed by atoms with E-state index in [0.29, 0.717) is 0 Å². The zero-order chi connectivity index (χ0) is 13.3. The average Bonchev–Trinajstić information content (AvgIpc) is 2.19. The molecule has 0 aliphatic carbocycles. The van der Waals surface area contributed by atoms with Gasteiger partial charge in [-0.3, -0.25) is 0 Å². The lowest BCUT2D eigenvalue weighted by molar-refractivity contribution is 0.555. The van der Waals surface area contributed by atoms with E-state index in [1.54, 1.807) is 26.8 Å². The molecule has 0 aromatic heterocycles. The molecule has 0 spiro atoms. The second kappa shape index (κ2) is 4.46. The van der Waals surface area contributed by atoms with Crippen LogP contribution in [-0.2, 0) is 15.6 Å². The first-order valence-corrected chi connectivity index (χ1v) is 6.73. The van der Waals surface area contributed by atoms with Crippen molar-refractivity contribution in [2.75, 3.05) is 0 Å². The van der Waals surface area contributed by atoms with Crippen molar-refractivity contribution in [3.05, 3.63) is 35.1 Å². The van der Waals surface area contributed by atoms with Gasteiger partial charge in [0.1, 0.15) is 5.82 Å². The summed E-state index contributed by atoms with van der Waals surface area (Å²) in [6, 6.07) is 5.61. The predicted octanol–water partition coefficient (Wildman–Crippen LogP) is 2.41. The van der Waals surface area contributed by atoms with Crippen LogP contribution in [0.1, 0.15) is 31.9 Å². The lowest BCUT2D eigenvalue weighted by Crippen LogP contribution is -2.29. The van der Waals surface area contributed by atoms with Gasteiger partial charge in [0.05, 0.1) is 22.1 Å². The van der Waals surface area contributed by atoms with Gasteiger partial charge < -0.3 is 0 Å². The van der Waals surface area contributed by atoms with E-state index in [1.165, 1.54) is 12.1 Å². The van der Waals surface area contributed by atoms with E-state index in [2.05, 4.69) is 0 Å². The minimum Gasteiger partial charge on any atom is -0.228 e. The van der Waals surface area contributed by atoms with E-state index in [4.69, 9.17) is 5.26 Å². The van der Waals surface area contributed by atoms with E-state index in [-0.39, 0.29) is 16.9 Å². The fraction of sp³-hybridized carbons (Fsp3) is 0.417. The molecule has 0 unspecified atom stereocenters. The largest absolute Gasteiger partial charge is 0.228 e. The first-order chi connectivity index (χ1) is 7.67. The highest BCUT2D eigenvalue weighted by atomic mass is 32.2. The Hall–Kier alpha value is -1.41. The van der Waals surface area contributed by atoms with Crippen LogP contribution in [0.3, 0.4) is 0 Å². The van der Waals surface area contributed by atoms with Crippen molar-refractivity contribution in [1.82, 2.24) is 0 Å². The topological polar surface area (TPSA) is 57.9 Å².